The number of hydrogen-bond donors (Lipinski definition) is 1. The number of piperidine rings is 1. The highest BCUT2D eigenvalue weighted by molar-refractivity contribution is 5.78. The molecule has 2 heteroatoms. The van der Waals surface area contributed by atoms with Gasteiger partial charge in [0.1, 0.15) is 0 Å². The third-order valence-corrected chi connectivity index (χ3v) is 3.86. The highest BCUT2D eigenvalue weighted by Gasteiger charge is 2.12. The quantitative estimate of drug-likeness (QED) is 0.891. The van der Waals surface area contributed by atoms with Gasteiger partial charge in [-0.3, -0.25) is 4.98 Å². The molecule has 1 N–H and O–H groups in total. The lowest BCUT2D eigenvalue weighted by Gasteiger charge is -2.22. The van der Waals surface area contributed by atoms with Gasteiger partial charge in [-0.2, -0.15) is 0 Å². The Morgan fingerprint density at radius 1 is 1.17 bits per heavy atom. The molecular formula is C16H20N2. The number of rotatable bonds is 3. The van der Waals surface area contributed by atoms with E-state index in [2.05, 4.69) is 41.7 Å². The fraction of sp³-hybridized carbons (Fsp3) is 0.438. The summed E-state index contributed by atoms with van der Waals surface area (Å²) in [6.45, 7) is 2.39. The van der Waals surface area contributed by atoms with Crippen LogP contribution in [0.15, 0.2) is 36.4 Å². The molecule has 0 spiro atoms. The predicted molar refractivity (Wildman–Crippen MR) is 75.7 cm³/mol. The Morgan fingerprint density at radius 2 is 2.11 bits per heavy atom. The van der Waals surface area contributed by atoms with E-state index < -0.39 is 0 Å². The summed E-state index contributed by atoms with van der Waals surface area (Å²) in [6, 6.07) is 12.7. The first-order valence-corrected chi connectivity index (χ1v) is 6.97. The minimum Gasteiger partial charge on any atom is -0.316 e. The lowest BCUT2D eigenvalue weighted by molar-refractivity contribution is 0.357. The second-order valence-electron chi connectivity index (χ2n) is 5.25. The first kappa shape index (κ1) is 11.7. The minimum absolute atomic E-state index is 0.840. The van der Waals surface area contributed by atoms with Crippen molar-refractivity contribution in [2.24, 2.45) is 5.92 Å². The normalized spacial score (nSPS) is 20.1. The molecule has 2 heterocycles. The van der Waals surface area contributed by atoms with E-state index in [1.807, 2.05) is 0 Å². The van der Waals surface area contributed by atoms with Crippen LogP contribution < -0.4 is 5.32 Å². The number of nitrogens with zero attached hydrogens (tertiary/aromatic N) is 1. The van der Waals surface area contributed by atoms with E-state index in [0.717, 1.165) is 17.9 Å². The van der Waals surface area contributed by atoms with Crippen LogP contribution in [0.5, 0.6) is 0 Å². The lowest BCUT2D eigenvalue weighted by Crippen LogP contribution is -2.29. The highest BCUT2D eigenvalue weighted by Crippen LogP contribution is 2.18. The summed E-state index contributed by atoms with van der Waals surface area (Å²) in [6.07, 6.45) is 5.08. The maximum Gasteiger partial charge on any atom is 0.0705 e. The van der Waals surface area contributed by atoms with Crippen molar-refractivity contribution in [1.29, 1.82) is 0 Å². The molecular weight excluding hydrogens is 220 g/mol. The summed E-state index contributed by atoms with van der Waals surface area (Å²) in [7, 11) is 0. The average molecular weight is 240 g/mol. The van der Waals surface area contributed by atoms with E-state index in [1.54, 1.807) is 0 Å². The van der Waals surface area contributed by atoms with Crippen molar-refractivity contribution in [3.63, 3.8) is 0 Å². The number of fused-ring (bicyclic) bond motifs is 1. The molecule has 1 saturated heterocycles. The topological polar surface area (TPSA) is 24.9 Å². The average Bonchev–Trinajstić information content (AvgIpc) is 2.46. The maximum absolute atomic E-state index is 4.74. The third-order valence-electron chi connectivity index (χ3n) is 3.86. The van der Waals surface area contributed by atoms with E-state index in [1.165, 1.54) is 43.4 Å². The lowest BCUT2D eigenvalue weighted by atomic mass is 9.94. The molecule has 1 aromatic heterocycles. The molecule has 18 heavy (non-hydrogen) atoms. The van der Waals surface area contributed by atoms with E-state index in [9.17, 15) is 0 Å². The molecule has 1 fully saturated rings. The van der Waals surface area contributed by atoms with Gasteiger partial charge in [0.25, 0.3) is 0 Å². The molecule has 1 unspecified atom stereocenters. The molecule has 94 valence electrons. The Kier molecular flexibility index (Phi) is 3.56. The van der Waals surface area contributed by atoms with Crippen LogP contribution in [0.2, 0.25) is 0 Å². The molecule has 1 atom stereocenters. The van der Waals surface area contributed by atoms with Crippen molar-refractivity contribution in [3.05, 3.63) is 42.1 Å². The molecule has 0 amide bonds. The zero-order chi connectivity index (χ0) is 12.2. The Bertz CT molecular complexity index is 515. The summed E-state index contributed by atoms with van der Waals surface area (Å²) in [4.78, 5) is 4.74. The number of pyridine rings is 1. The number of aryl methyl sites for hydroxylation is 1. The summed E-state index contributed by atoms with van der Waals surface area (Å²) in [5.41, 5.74) is 2.36. The summed E-state index contributed by atoms with van der Waals surface area (Å²) in [5, 5.41) is 4.72. The second kappa shape index (κ2) is 5.49. The van der Waals surface area contributed by atoms with Gasteiger partial charge in [0.2, 0.25) is 0 Å². The SMILES string of the molecule is c1ccc2nc(CCC3CCCNC3)ccc2c1. The Balaban J connectivity index is 1.66. The van der Waals surface area contributed by atoms with Crippen LogP contribution in [-0.4, -0.2) is 18.1 Å². The van der Waals surface area contributed by atoms with Crippen LogP contribution in [0.25, 0.3) is 10.9 Å². The van der Waals surface area contributed by atoms with Gasteiger partial charge < -0.3 is 5.32 Å². The van der Waals surface area contributed by atoms with Crippen LogP contribution in [0.1, 0.15) is 25.0 Å². The van der Waals surface area contributed by atoms with Gasteiger partial charge in [0, 0.05) is 11.1 Å². The molecule has 0 radical (unpaired) electrons. The van der Waals surface area contributed by atoms with Gasteiger partial charge in [0.15, 0.2) is 0 Å². The Morgan fingerprint density at radius 3 is 3.00 bits per heavy atom. The van der Waals surface area contributed by atoms with Crippen LogP contribution in [0.4, 0.5) is 0 Å². The van der Waals surface area contributed by atoms with Crippen molar-refractivity contribution in [1.82, 2.24) is 10.3 Å². The van der Waals surface area contributed by atoms with Gasteiger partial charge in [-0.25, -0.2) is 0 Å². The predicted octanol–water partition coefficient (Wildman–Crippen LogP) is 3.17. The van der Waals surface area contributed by atoms with Gasteiger partial charge in [0.05, 0.1) is 5.52 Å². The van der Waals surface area contributed by atoms with Crippen LogP contribution in [0.3, 0.4) is 0 Å². The number of hydrogen-bond acceptors (Lipinski definition) is 2. The van der Waals surface area contributed by atoms with Crippen LogP contribution in [-0.2, 0) is 6.42 Å². The minimum atomic E-state index is 0.840. The Labute approximate surface area is 108 Å². The monoisotopic (exact) mass is 240 g/mol. The van der Waals surface area contributed by atoms with Gasteiger partial charge >= 0.3 is 0 Å². The molecule has 1 aliphatic heterocycles. The third kappa shape index (κ3) is 2.70. The molecule has 0 aliphatic carbocycles. The standard InChI is InChI=1S/C16H20N2/c1-2-6-16-14(5-1)8-10-15(18-16)9-7-13-4-3-11-17-12-13/h1-2,5-6,8,10,13,17H,3-4,7,9,11-12H2. The van der Waals surface area contributed by atoms with Crippen molar-refractivity contribution >= 4 is 10.9 Å². The molecule has 1 aliphatic rings. The van der Waals surface area contributed by atoms with Crippen molar-refractivity contribution in [2.45, 2.75) is 25.7 Å². The smallest absolute Gasteiger partial charge is 0.0705 e. The number of aromatic nitrogens is 1. The number of benzene rings is 1. The van der Waals surface area contributed by atoms with E-state index in [4.69, 9.17) is 4.98 Å². The van der Waals surface area contributed by atoms with E-state index >= 15 is 0 Å². The highest BCUT2D eigenvalue weighted by atomic mass is 14.9. The fourth-order valence-corrected chi connectivity index (χ4v) is 2.77. The van der Waals surface area contributed by atoms with Gasteiger partial charge in [-0.15, -0.1) is 0 Å². The second-order valence-corrected chi connectivity index (χ2v) is 5.25. The maximum atomic E-state index is 4.74. The van der Waals surface area contributed by atoms with E-state index in [-0.39, 0.29) is 0 Å². The van der Waals surface area contributed by atoms with Crippen LogP contribution in [0, 0.1) is 5.92 Å². The van der Waals surface area contributed by atoms with E-state index in [0.29, 0.717) is 0 Å². The summed E-state index contributed by atoms with van der Waals surface area (Å²) >= 11 is 0. The van der Waals surface area contributed by atoms with Crippen LogP contribution >= 0.6 is 0 Å². The van der Waals surface area contributed by atoms with Crippen molar-refractivity contribution in [2.75, 3.05) is 13.1 Å². The first-order valence-electron chi connectivity index (χ1n) is 6.97. The van der Waals surface area contributed by atoms with Gasteiger partial charge in [-0.05, 0) is 56.8 Å². The molecule has 1 aromatic carbocycles. The Hall–Kier alpha value is -1.41. The zero-order valence-electron chi connectivity index (χ0n) is 10.7. The first-order chi connectivity index (χ1) is 8.92. The molecule has 2 nitrogen and oxygen atoms in total. The molecule has 3 rings (SSSR count). The summed E-state index contributed by atoms with van der Waals surface area (Å²) < 4.78 is 0. The molecule has 0 bridgehead atoms. The summed E-state index contributed by atoms with van der Waals surface area (Å²) in [5.74, 6) is 0.840. The molecule has 0 saturated carbocycles. The zero-order valence-corrected chi connectivity index (χ0v) is 10.7. The van der Waals surface area contributed by atoms with Gasteiger partial charge in [-0.1, -0.05) is 24.3 Å². The number of para-hydroxylation sites is 1. The number of nitrogens with one attached hydrogen (secondary N) is 1. The van der Waals surface area contributed by atoms with Crippen molar-refractivity contribution in [3.8, 4) is 0 Å². The molecule has 2 aromatic rings. The van der Waals surface area contributed by atoms with Crippen molar-refractivity contribution < 1.29 is 0 Å². The largest absolute Gasteiger partial charge is 0.316 e. The fourth-order valence-electron chi connectivity index (χ4n) is 2.77.